The van der Waals surface area contributed by atoms with Crippen LogP contribution in [0.2, 0.25) is 0 Å². The molecule has 0 fully saturated rings. The molecular formula is C24H17BrN4O2. The summed E-state index contributed by atoms with van der Waals surface area (Å²) >= 11 is 3.45. The highest BCUT2D eigenvalue weighted by molar-refractivity contribution is 9.10. The Balaban J connectivity index is 1.67. The first kappa shape index (κ1) is 19.3. The molecule has 7 heteroatoms. The number of ether oxygens (including phenoxy) is 1. The number of rotatable bonds is 4. The Hall–Kier alpha value is -3.71. The van der Waals surface area contributed by atoms with Gasteiger partial charge in [-0.15, -0.1) is 0 Å². The largest absolute Gasteiger partial charge is 0.457 e. The number of fused-ring (bicyclic) bond motifs is 2. The van der Waals surface area contributed by atoms with Crippen molar-refractivity contribution in [2.24, 2.45) is 0 Å². The van der Waals surface area contributed by atoms with E-state index in [1.165, 1.54) is 0 Å². The van der Waals surface area contributed by atoms with E-state index in [-0.39, 0.29) is 18.0 Å². The maximum Gasteiger partial charge on any atom is 0.344 e. The van der Waals surface area contributed by atoms with Crippen LogP contribution >= 0.6 is 15.9 Å². The quantitative estimate of drug-likeness (QED) is 0.360. The fraction of sp³-hybridized carbons (Fsp3) is 0.0417. The van der Waals surface area contributed by atoms with Crippen LogP contribution in [0.4, 0.5) is 5.82 Å². The number of nitrogens with two attached hydrogens (primary N) is 1. The van der Waals surface area contributed by atoms with Crippen molar-refractivity contribution in [3.05, 3.63) is 94.5 Å². The van der Waals surface area contributed by atoms with Gasteiger partial charge in [0, 0.05) is 10.2 Å². The lowest BCUT2D eigenvalue weighted by Crippen LogP contribution is -2.09. The minimum Gasteiger partial charge on any atom is -0.457 e. The second-order valence-corrected chi connectivity index (χ2v) is 7.93. The Morgan fingerprint density at radius 1 is 0.903 bits per heavy atom. The summed E-state index contributed by atoms with van der Waals surface area (Å²) in [6.45, 7) is 0.144. The van der Waals surface area contributed by atoms with E-state index in [9.17, 15) is 4.79 Å². The van der Waals surface area contributed by atoms with Crippen molar-refractivity contribution in [2.75, 3.05) is 5.73 Å². The van der Waals surface area contributed by atoms with Crippen molar-refractivity contribution in [3.8, 4) is 5.69 Å². The van der Waals surface area contributed by atoms with Crippen LogP contribution in [0.3, 0.4) is 0 Å². The molecule has 2 N–H and O–H groups in total. The van der Waals surface area contributed by atoms with Gasteiger partial charge in [-0.3, -0.25) is 4.57 Å². The van der Waals surface area contributed by atoms with Gasteiger partial charge in [-0.1, -0.05) is 58.4 Å². The number of hydrogen-bond acceptors (Lipinski definition) is 5. The first-order chi connectivity index (χ1) is 15.1. The molecule has 31 heavy (non-hydrogen) atoms. The van der Waals surface area contributed by atoms with E-state index in [0.29, 0.717) is 16.7 Å². The zero-order valence-electron chi connectivity index (χ0n) is 16.3. The van der Waals surface area contributed by atoms with Crippen LogP contribution < -0.4 is 5.73 Å². The number of anilines is 1. The van der Waals surface area contributed by atoms with E-state index >= 15 is 0 Å². The van der Waals surface area contributed by atoms with Crippen molar-refractivity contribution in [1.82, 2.24) is 14.5 Å². The maximum absolute atomic E-state index is 13.1. The SMILES string of the molecule is Nc1c(C(=O)OCc2ccccc2)c2nc3ccccc3nc2n1-c1ccc(Br)cc1. The summed E-state index contributed by atoms with van der Waals surface area (Å²) < 4.78 is 8.25. The van der Waals surface area contributed by atoms with Crippen molar-refractivity contribution in [2.45, 2.75) is 6.61 Å². The lowest BCUT2D eigenvalue weighted by molar-refractivity contribution is 0.0476. The fourth-order valence-corrected chi connectivity index (χ4v) is 3.77. The van der Waals surface area contributed by atoms with Gasteiger partial charge in [-0.25, -0.2) is 14.8 Å². The van der Waals surface area contributed by atoms with Crippen LogP contribution in [0.1, 0.15) is 15.9 Å². The summed E-state index contributed by atoms with van der Waals surface area (Å²) in [6, 6.07) is 24.6. The van der Waals surface area contributed by atoms with Gasteiger partial charge in [0.05, 0.1) is 11.0 Å². The number of benzene rings is 3. The fourth-order valence-electron chi connectivity index (χ4n) is 3.51. The van der Waals surface area contributed by atoms with Crippen LogP contribution in [0.15, 0.2) is 83.3 Å². The molecule has 2 heterocycles. The molecule has 0 unspecified atom stereocenters. The Labute approximate surface area is 186 Å². The molecule has 2 aromatic heterocycles. The van der Waals surface area contributed by atoms with Gasteiger partial charge in [-0.05, 0) is 42.0 Å². The van der Waals surface area contributed by atoms with Crippen molar-refractivity contribution >= 4 is 49.9 Å². The summed E-state index contributed by atoms with van der Waals surface area (Å²) in [6.07, 6.45) is 0. The third kappa shape index (κ3) is 3.53. The molecule has 0 amide bonds. The monoisotopic (exact) mass is 472 g/mol. The van der Waals surface area contributed by atoms with E-state index in [4.69, 9.17) is 20.4 Å². The number of carbonyl (C=O) groups is 1. The Bertz CT molecular complexity index is 1410. The van der Waals surface area contributed by atoms with Crippen LogP contribution in [-0.4, -0.2) is 20.5 Å². The lowest BCUT2D eigenvalue weighted by atomic mass is 10.2. The predicted octanol–water partition coefficient (Wildman–Crippen LogP) is 5.28. The standard InChI is InChI=1S/C24H17BrN4O2/c25-16-10-12-17(13-11-16)29-22(26)20(24(30)31-14-15-6-2-1-3-7-15)21-23(29)28-19-9-5-4-8-18(19)27-21/h1-13H,14,26H2. The minimum atomic E-state index is -0.535. The van der Waals surface area contributed by atoms with Crippen molar-refractivity contribution in [3.63, 3.8) is 0 Å². The van der Waals surface area contributed by atoms with Gasteiger partial charge >= 0.3 is 5.97 Å². The average Bonchev–Trinajstić information content (AvgIpc) is 3.08. The number of nitrogen functional groups attached to an aromatic ring is 1. The van der Waals surface area contributed by atoms with Gasteiger partial charge in [0.2, 0.25) is 0 Å². The molecule has 0 saturated heterocycles. The molecular weight excluding hydrogens is 456 g/mol. The number of para-hydroxylation sites is 2. The van der Waals surface area contributed by atoms with Crippen molar-refractivity contribution in [1.29, 1.82) is 0 Å². The second-order valence-electron chi connectivity index (χ2n) is 7.02. The topological polar surface area (TPSA) is 83.0 Å². The van der Waals surface area contributed by atoms with Crippen LogP contribution in [0.25, 0.3) is 27.9 Å². The van der Waals surface area contributed by atoms with Gasteiger partial charge in [0.1, 0.15) is 23.5 Å². The Morgan fingerprint density at radius 3 is 2.26 bits per heavy atom. The number of nitrogens with zero attached hydrogens (tertiary/aromatic N) is 3. The van der Waals surface area contributed by atoms with E-state index in [0.717, 1.165) is 21.2 Å². The average molecular weight is 473 g/mol. The maximum atomic E-state index is 13.1. The third-order valence-electron chi connectivity index (χ3n) is 5.00. The Morgan fingerprint density at radius 2 is 1.55 bits per heavy atom. The zero-order chi connectivity index (χ0) is 21.4. The van der Waals surface area contributed by atoms with Crippen LogP contribution in [0.5, 0.6) is 0 Å². The van der Waals surface area contributed by atoms with Gasteiger partial charge < -0.3 is 10.5 Å². The van der Waals surface area contributed by atoms with E-state index in [1.807, 2.05) is 78.9 Å². The molecule has 0 atom stereocenters. The molecule has 5 aromatic rings. The molecule has 0 aliphatic carbocycles. The first-order valence-electron chi connectivity index (χ1n) is 9.65. The zero-order valence-corrected chi connectivity index (χ0v) is 17.9. The summed E-state index contributed by atoms with van der Waals surface area (Å²) in [5.74, 6) is -0.294. The molecule has 0 radical (unpaired) electrons. The molecule has 0 spiro atoms. The highest BCUT2D eigenvalue weighted by Crippen LogP contribution is 2.32. The van der Waals surface area contributed by atoms with Gasteiger partial charge in [0.25, 0.3) is 0 Å². The van der Waals surface area contributed by atoms with Gasteiger partial charge in [-0.2, -0.15) is 0 Å². The van der Waals surface area contributed by atoms with E-state index in [1.54, 1.807) is 4.57 Å². The van der Waals surface area contributed by atoms with Crippen molar-refractivity contribution < 1.29 is 9.53 Å². The molecule has 5 rings (SSSR count). The normalized spacial score (nSPS) is 11.1. The predicted molar refractivity (Wildman–Crippen MR) is 124 cm³/mol. The minimum absolute atomic E-state index is 0.144. The first-order valence-corrected chi connectivity index (χ1v) is 10.4. The number of aromatic nitrogens is 3. The lowest BCUT2D eigenvalue weighted by Gasteiger charge is -2.08. The summed E-state index contributed by atoms with van der Waals surface area (Å²) in [4.78, 5) is 22.6. The summed E-state index contributed by atoms with van der Waals surface area (Å²) in [5, 5.41) is 0. The number of halogens is 1. The number of esters is 1. The van der Waals surface area contributed by atoms with Gasteiger partial charge in [0.15, 0.2) is 5.65 Å². The second kappa shape index (κ2) is 7.85. The number of carbonyl (C=O) groups excluding carboxylic acids is 1. The molecule has 0 aliphatic heterocycles. The molecule has 152 valence electrons. The van der Waals surface area contributed by atoms with Crippen LogP contribution in [0, 0.1) is 0 Å². The van der Waals surface area contributed by atoms with E-state index < -0.39 is 5.97 Å². The van der Waals surface area contributed by atoms with Crippen LogP contribution in [-0.2, 0) is 11.3 Å². The third-order valence-corrected chi connectivity index (χ3v) is 5.53. The molecule has 0 saturated carbocycles. The highest BCUT2D eigenvalue weighted by atomic mass is 79.9. The molecule has 6 nitrogen and oxygen atoms in total. The molecule has 0 bridgehead atoms. The Kier molecular flexibility index (Phi) is 4.88. The summed E-state index contributed by atoms with van der Waals surface area (Å²) in [5.41, 5.74) is 10.7. The smallest absolute Gasteiger partial charge is 0.344 e. The molecule has 3 aromatic carbocycles. The molecule has 0 aliphatic rings. The van der Waals surface area contributed by atoms with E-state index in [2.05, 4.69) is 15.9 Å². The number of hydrogen-bond donors (Lipinski definition) is 1. The highest BCUT2D eigenvalue weighted by Gasteiger charge is 2.26. The summed E-state index contributed by atoms with van der Waals surface area (Å²) in [7, 11) is 0.